The summed E-state index contributed by atoms with van der Waals surface area (Å²) in [6.45, 7) is 4.91. The summed E-state index contributed by atoms with van der Waals surface area (Å²) in [5, 5.41) is 19.2. The molecule has 0 fully saturated rings. The molecule has 4 nitrogen and oxygen atoms in total. The first-order chi connectivity index (χ1) is 9.91. The Labute approximate surface area is 123 Å². The second-order valence-electron chi connectivity index (χ2n) is 4.83. The summed E-state index contributed by atoms with van der Waals surface area (Å²) < 4.78 is 18.1. The minimum atomic E-state index is -1.64. The van der Waals surface area contributed by atoms with Crippen molar-refractivity contribution in [3.63, 3.8) is 0 Å². The number of carbonyl (C=O) groups excluding carboxylic acids is 1. The van der Waals surface area contributed by atoms with Crippen molar-refractivity contribution in [1.29, 1.82) is 10.5 Å². The lowest BCUT2D eigenvalue weighted by Gasteiger charge is -2.36. The average molecular weight is 288 g/mol. The minimum absolute atomic E-state index is 0.115. The molecule has 1 aromatic carbocycles. The predicted octanol–water partition coefficient (Wildman–Crippen LogP) is 3.09. The molecule has 2 atom stereocenters. The third kappa shape index (κ3) is 2.60. The Morgan fingerprint density at radius 3 is 2.19 bits per heavy atom. The molecule has 5 heteroatoms. The summed E-state index contributed by atoms with van der Waals surface area (Å²) in [5.74, 6) is -1.18. The van der Waals surface area contributed by atoms with E-state index in [1.807, 2.05) is 6.07 Å². The third-order valence-electron chi connectivity index (χ3n) is 3.84. The van der Waals surface area contributed by atoms with E-state index in [1.54, 1.807) is 13.8 Å². The van der Waals surface area contributed by atoms with Gasteiger partial charge in [0.05, 0.1) is 18.7 Å². The maximum absolute atomic E-state index is 13.1. The van der Waals surface area contributed by atoms with Crippen LogP contribution in [0.1, 0.15) is 32.8 Å². The molecule has 21 heavy (non-hydrogen) atoms. The van der Waals surface area contributed by atoms with Gasteiger partial charge in [-0.15, -0.1) is 0 Å². The molecule has 0 aromatic heterocycles. The van der Waals surface area contributed by atoms with E-state index in [4.69, 9.17) is 4.74 Å². The molecule has 0 N–H and O–H groups in total. The lowest BCUT2D eigenvalue weighted by Crippen LogP contribution is -2.48. The number of benzene rings is 1. The number of carbonyl (C=O) groups is 1. The van der Waals surface area contributed by atoms with Crippen LogP contribution >= 0.6 is 0 Å². The van der Waals surface area contributed by atoms with Crippen LogP contribution in [-0.2, 0) is 14.9 Å². The highest BCUT2D eigenvalue weighted by Crippen LogP contribution is 2.45. The van der Waals surface area contributed by atoms with Crippen LogP contribution in [0.3, 0.4) is 0 Å². The Hall–Kier alpha value is -2.40. The monoisotopic (exact) mass is 288 g/mol. The van der Waals surface area contributed by atoms with E-state index in [9.17, 15) is 19.7 Å². The quantitative estimate of drug-likeness (QED) is 0.780. The maximum Gasteiger partial charge on any atom is 0.328 e. The van der Waals surface area contributed by atoms with E-state index >= 15 is 0 Å². The number of hydrogen-bond acceptors (Lipinski definition) is 4. The zero-order valence-electron chi connectivity index (χ0n) is 12.3. The molecule has 1 rings (SSSR count). The van der Waals surface area contributed by atoms with Gasteiger partial charge >= 0.3 is 5.97 Å². The third-order valence-corrected chi connectivity index (χ3v) is 3.84. The molecular weight excluding hydrogens is 271 g/mol. The highest BCUT2D eigenvalue weighted by Gasteiger charge is 2.56. The normalized spacial score (nSPS) is 15.9. The molecule has 0 radical (unpaired) electrons. The van der Waals surface area contributed by atoms with Crippen LogP contribution in [0.2, 0.25) is 0 Å². The van der Waals surface area contributed by atoms with Crippen LogP contribution in [0.15, 0.2) is 24.3 Å². The molecule has 0 saturated heterocycles. The van der Waals surface area contributed by atoms with Crippen molar-refractivity contribution in [2.24, 2.45) is 5.41 Å². The van der Waals surface area contributed by atoms with E-state index < -0.39 is 22.6 Å². The van der Waals surface area contributed by atoms with E-state index in [0.717, 1.165) is 0 Å². The highest BCUT2D eigenvalue weighted by atomic mass is 19.1. The zero-order chi connectivity index (χ0) is 16.1. The topological polar surface area (TPSA) is 73.9 Å². The van der Waals surface area contributed by atoms with Crippen LogP contribution in [-0.4, -0.2) is 12.6 Å². The van der Waals surface area contributed by atoms with Gasteiger partial charge in [-0.05, 0) is 38.0 Å². The van der Waals surface area contributed by atoms with Gasteiger partial charge in [-0.3, -0.25) is 4.79 Å². The van der Waals surface area contributed by atoms with Crippen LogP contribution in [0.25, 0.3) is 0 Å². The average Bonchev–Trinajstić information content (AvgIpc) is 2.49. The van der Waals surface area contributed by atoms with Crippen LogP contribution in [0, 0.1) is 33.9 Å². The Bertz CT molecular complexity index is 600. The summed E-state index contributed by atoms with van der Waals surface area (Å²) >= 11 is 0. The lowest BCUT2D eigenvalue weighted by atomic mass is 9.61. The van der Waals surface area contributed by atoms with Crippen molar-refractivity contribution in [2.45, 2.75) is 32.6 Å². The van der Waals surface area contributed by atoms with Gasteiger partial charge < -0.3 is 4.74 Å². The fourth-order valence-electron chi connectivity index (χ4n) is 2.38. The van der Waals surface area contributed by atoms with Gasteiger partial charge in [0.25, 0.3) is 0 Å². The zero-order valence-corrected chi connectivity index (χ0v) is 12.3. The Morgan fingerprint density at radius 1 is 1.24 bits per heavy atom. The molecule has 0 heterocycles. The van der Waals surface area contributed by atoms with E-state index in [0.29, 0.717) is 5.56 Å². The molecule has 0 aliphatic heterocycles. The number of ether oxygens (including phenoxy) is 1. The molecule has 0 spiro atoms. The largest absolute Gasteiger partial charge is 0.465 e. The summed E-state index contributed by atoms with van der Waals surface area (Å²) in [7, 11) is 0. The standard InChI is InChI=1S/C16H17FN2O2/c1-4-16(11-19,14(20)21-5-2)15(3,10-18)12-6-8-13(17)9-7-12/h6-9H,4-5H2,1-3H3/t15-,16-/m1/s1. The van der Waals surface area contributed by atoms with Gasteiger partial charge in [-0.1, -0.05) is 19.1 Å². The van der Waals surface area contributed by atoms with Crippen molar-refractivity contribution < 1.29 is 13.9 Å². The van der Waals surface area contributed by atoms with Crippen molar-refractivity contribution in [3.8, 4) is 12.1 Å². The summed E-state index contributed by atoms with van der Waals surface area (Å²) in [5.41, 5.74) is -2.67. The van der Waals surface area contributed by atoms with Crippen molar-refractivity contribution >= 4 is 5.97 Å². The second-order valence-corrected chi connectivity index (χ2v) is 4.83. The van der Waals surface area contributed by atoms with Gasteiger partial charge in [0.1, 0.15) is 11.2 Å². The van der Waals surface area contributed by atoms with Gasteiger partial charge in [0, 0.05) is 0 Å². The number of rotatable bonds is 5. The molecule has 1 aromatic rings. The maximum atomic E-state index is 13.1. The van der Waals surface area contributed by atoms with E-state index in [2.05, 4.69) is 6.07 Å². The first-order valence-corrected chi connectivity index (χ1v) is 6.67. The lowest BCUT2D eigenvalue weighted by molar-refractivity contribution is -0.154. The molecule has 0 bridgehead atoms. The fourth-order valence-corrected chi connectivity index (χ4v) is 2.38. The molecule has 110 valence electrons. The predicted molar refractivity (Wildman–Crippen MR) is 74.3 cm³/mol. The van der Waals surface area contributed by atoms with Crippen molar-refractivity contribution in [3.05, 3.63) is 35.6 Å². The second kappa shape index (κ2) is 6.37. The highest BCUT2D eigenvalue weighted by molar-refractivity contribution is 5.83. The number of halogens is 1. The summed E-state index contributed by atoms with van der Waals surface area (Å²) in [6.07, 6.45) is 0.115. The number of nitrogens with zero attached hydrogens (tertiary/aromatic N) is 2. The minimum Gasteiger partial charge on any atom is -0.465 e. The number of esters is 1. The van der Waals surface area contributed by atoms with Gasteiger partial charge in [-0.25, -0.2) is 4.39 Å². The number of nitriles is 2. The Morgan fingerprint density at radius 2 is 1.81 bits per heavy atom. The van der Waals surface area contributed by atoms with E-state index in [-0.39, 0.29) is 13.0 Å². The molecule has 0 unspecified atom stereocenters. The smallest absolute Gasteiger partial charge is 0.328 e. The first-order valence-electron chi connectivity index (χ1n) is 6.67. The summed E-state index contributed by atoms with van der Waals surface area (Å²) in [6, 6.07) is 9.25. The van der Waals surface area contributed by atoms with Crippen molar-refractivity contribution in [2.75, 3.05) is 6.61 Å². The molecule has 0 aliphatic carbocycles. The first kappa shape index (κ1) is 16.7. The van der Waals surface area contributed by atoms with Gasteiger partial charge in [0.15, 0.2) is 5.41 Å². The molecule has 0 saturated carbocycles. The SMILES string of the molecule is CCOC(=O)[C@](C#N)(CC)[C@](C)(C#N)c1ccc(F)cc1. The Kier molecular flexibility index (Phi) is 5.05. The molecular formula is C16H17FN2O2. The van der Waals surface area contributed by atoms with Crippen LogP contribution in [0.4, 0.5) is 4.39 Å². The molecule has 0 aliphatic rings. The number of hydrogen-bond donors (Lipinski definition) is 0. The van der Waals surface area contributed by atoms with Gasteiger partial charge in [-0.2, -0.15) is 10.5 Å². The molecule has 0 amide bonds. The van der Waals surface area contributed by atoms with Crippen molar-refractivity contribution in [1.82, 2.24) is 0 Å². The van der Waals surface area contributed by atoms with Crippen LogP contribution < -0.4 is 0 Å². The fraction of sp³-hybridized carbons (Fsp3) is 0.438. The summed E-state index contributed by atoms with van der Waals surface area (Å²) in [4.78, 5) is 12.3. The van der Waals surface area contributed by atoms with Gasteiger partial charge in [0.2, 0.25) is 0 Å². The van der Waals surface area contributed by atoms with E-state index in [1.165, 1.54) is 31.2 Å². The van der Waals surface area contributed by atoms with Crippen LogP contribution in [0.5, 0.6) is 0 Å². The Balaban J connectivity index is 3.51.